The number of aryl methyl sites for hydroxylation is 1. The number of piperidine rings is 1. The van der Waals surface area contributed by atoms with Gasteiger partial charge >= 0.3 is 5.97 Å². The number of carbonyl (C=O) groups is 1. The second-order valence-electron chi connectivity index (χ2n) is 7.46. The molecule has 1 aliphatic rings. The number of rotatable bonds is 8. The van der Waals surface area contributed by atoms with Crippen LogP contribution in [0.25, 0.3) is 0 Å². The molecule has 0 radical (unpaired) electrons. The maximum atomic E-state index is 14.5. The van der Waals surface area contributed by atoms with Crippen molar-refractivity contribution in [2.24, 2.45) is 11.1 Å². The van der Waals surface area contributed by atoms with Gasteiger partial charge in [-0.25, -0.2) is 4.39 Å². The number of esters is 1. The molecule has 160 valence electrons. The number of carbonyl (C=O) groups excluding carboxylic acids is 1. The highest BCUT2D eigenvalue weighted by molar-refractivity contribution is 6.13. The summed E-state index contributed by atoms with van der Waals surface area (Å²) in [4.78, 5) is 19.8. The molecule has 0 spiro atoms. The Morgan fingerprint density at radius 1 is 1.17 bits per heavy atom. The van der Waals surface area contributed by atoms with Gasteiger partial charge in [0, 0.05) is 24.2 Å². The van der Waals surface area contributed by atoms with Crippen LogP contribution in [0.5, 0.6) is 0 Å². The van der Waals surface area contributed by atoms with E-state index in [0.29, 0.717) is 37.6 Å². The third-order valence-corrected chi connectivity index (χ3v) is 5.31. The molecule has 0 N–H and O–H groups in total. The molecule has 5 nitrogen and oxygen atoms in total. The molecule has 0 aliphatic carbocycles. The second-order valence-corrected chi connectivity index (χ2v) is 7.46. The van der Waals surface area contributed by atoms with Crippen LogP contribution in [0.15, 0.2) is 53.7 Å². The highest BCUT2D eigenvalue weighted by Crippen LogP contribution is 2.19. The number of oxime groups is 1. The van der Waals surface area contributed by atoms with E-state index in [0.717, 1.165) is 30.5 Å². The Morgan fingerprint density at radius 2 is 1.90 bits per heavy atom. The number of halogens is 1. The summed E-state index contributed by atoms with van der Waals surface area (Å²) in [6.45, 7) is 6.80. The Morgan fingerprint density at radius 3 is 2.63 bits per heavy atom. The van der Waals surface area contributed by atoms with Crippen molar-refractivity contribution in [1.82, 2.24) is 4.90 Å². The molecule has 1 atom stereocenters. The van der Waals surface area contributed by atoms with Crippen LogP contribution in [0.4, 0.5) is 4.39 Å². The quantitative estimate of drug-likeness (QED) is 0.283. The molecule has 0 aromatic heterocycles. The van der Waals surface area contributed by atoms with Crippen LogP contribution >= 0.6 is 0 Å². The fourth-order valence-electron chi connectivity index (χ4n) is 3.73. The topological polar surface area (TPSA) is 51.1 Å². The number of hydrogen-bond donors (Lipinski definition) is 0. The van der Waals surface area contributed by atoms with Crippen molar-refractivity contribution in [3.8, 4) is 0 Å². The Balaban J connectivity index is 1.66. The number of nitrogens with zero attached hydrogens (tertiary/aromatic N) is 2. The summed E-state index contributed by atoms with van der Waals surface area (Å²) in [6.07, 6.45) is 1.81. The van der Waals surface area contributed by atoms with Crippen LogP contribution < -0.4 is 0 Å². The monoisotopic (exact) mass is 412 g/mol. The van der Waals surface area contributed by atoms with Crippen LogP contribution in [-0.2, 0) is 14.4 Å². The summed E-state index contributed by atoms with van der Waals surface area (Å²) < 4.78 is 19.6. The van der Waals surface area contributed by atoms with Crippen molar-refractivity contribution in [2.45, 2.75) is 26.7 Å². The van der Waals surface area contributed by atoms with Crippen molar-refractivity contribution in [2.75, 3.05) is 32.8 Å². The van der Waals surface area contributed by atoms with Crippen LogP contribution in [-0.4, -0.2) is 49.4 Å². The van der Waals surface area contributed by atoms with Crippen molar-refractivity contribution in [3.63, 3.8) is 0 Å². The lowest BCUT2D eigenvalue weighted by atomic mass is 9.98. The highest BCUT2D eigenvalue weighted by Gasteiger charge is 2.26. The van der Waals surface area contributed by atoms with Crippen molar-refractivity contribution < 1.29 is 18.8 Å². The number of likely N-dealkylation sites (tertiary alicyclic amines) is 1. The van der Waals surface area contributed by atoms with Gasteiger partial charge in [-0.15, -0.1) is 0 Å². The summed E-state index contributed by atoms with van der Waals surface area (Å²) in [5, 5.41) is 4.31. The smallest absolute Gasteiger partial charge is 0.310 e. The molecule has 6 heteroatoms. The standard InChI is InChI=1S/C24H29FN2O3/c1-3-29-24(28)19-10-8-14-27(17-19)15-16-30-26-23(20-11-5-4-9-18(20)2)21-12-6-7-13-22(21)25/h4-7,9,11-13,19H,3,8,10,14-17H2,1-2H3/b26-23+/t19-/m1/s1. The zero-order valence-corrected chi connectivity index (χ0v) is 17.6. The summed E-state index contributed by atoms with van der Waals surface area (Å²) in [7, 11) is 0. The van der Waals surface area contributed by atoms with Crippen LogP contribution in [0.2, 0.25) is 0 Å². The lowest BCUT2D eigenvalue weighted by molar-refractivity contribution is -0.150. The van der Waals surface area contributed by atoms with E-state index >= 15 is 0 Å². The lowest BCUT2D eigenvalue weighted by Crippen LogP contribution is -2.40. The first-order valence-corrected chi connectivity index (χ1v) is 10.5. The Kier molecular flexibility index (Phi) is 7.97. The lowest BCUT2D eigenvalue weighted by Gasteiger charge is -2.30. The van der Waals surface area contributed by atoms with Crippen LogP contribution in [0.3, 0.4) is 0 Å². The maximum Gasteiger partial charge on any atom is 0.310 e. The molecule has 1 aliphatic heterocycles. The molecule has 3 rings (SSSR count). The summed E-state index contributed by atoms with van der Waals surface area (Å²) >= 11 is 0. The summed E-state index contributed by atoms with van der Waals surface area (Å²) in [5.41, 5.74) is 2.72. The first-order valence-electron chi connectivity index (χ1n) is 10.5. The molecular weight excluding hydrogens is 383 g/mol. The molecular formula is C24H29FN2O3. The SMILES string of the molecule is CCOC(=O)[C@@H]1CCCN(CCO/N=C(\c2ccccc2C)c2ccccc2F)C1. The zero-order valence-electron chi connectivity index (χ0n) is 17.6. The maximum absolute atomic E-state index is 14.5. The normalized spacial score (nSPS) is 17.6. The van der Waals surface area contributed by atoms with E-state index < -0.39 is 0 Å². The molecule has 2 aromatic rings. The molecule has 1 saturated heterocycles. The van der Waals surface area contributed by atoms with Gasteiger partial charge in [0.15, 0.2) is 0 Å². The van der Waals surface area contributed by atoms with Crippen LogP contribution in [0, 0.1) is 18.7 Å². The van der Waals surface area contributed by atoms with Gasteiger partial charge in [0.2, 0.25) is 0 Å². The van der Waals surface area contributed by atoms with Crippen LogP contribution in [0.1, 0.15) is 36.5 Å². The van der Waals surface area contributed by atoms with E-state index in [1.54, 1.807) is 18.2 Å². The first kappa shape index (κ1) is 22.0. The molecule has 0 saturated carbocycles. The van der Waals surface area contributed by atoms with E-state index in [9.17, 15) is 9.18 Å². The van der Waals surface area contributed by atoms with E-state index in [1.807, 2.05) is 38.1 Å². The van der Waals surface area contributed by atoms with Gasteiger partial charge in [0.25, 0.3) is 0 Å². The molecule has 2 aromatic carbocycles. The van der Waals surface area contributed by atoms with Gasteiger partial charge in [-0.3, -0.25) is 9.69 Å². The Labute approximate surface area is 177 Å². The fraction of sp³-hybridized carbons (Fsp3) is 0.417. The van der Waals surface area contributed by atoms with Gasteiger partial charge in [-0.2, -0.15) is 0 Å². The first-order chi connectivity index (χ1) is 14.6. The minimum absolute atomic E-state index is 0.0804. The van der Waals surface area contributed by atoms with E-state index in [-0.39, 0.29) is 17.7 Å². The summed E-state index contributed by atoms with van der Waals surface area (Å²) in [6, 6.07) is 14.3. The average molecular weight is 413 g/mol. The molecule has 0 amide bonds. The number of hydrogen-bond acceptors (Lipinski definition) is 5. The minimum atomic E-state index is -0.337. The third kappa shape index (κ3) is 5.66. The number of benzene rings is 2. The van der Waals surface area contributed by atoms with Gasteiger partial charge in [0.1, 0.15) is 18.1 Å². The van der Waals surface area contributed by atoms with Gasteiger partial charge in [-0.1, -0.05) is 41.6 Å². The van der Waals surface area contributed by atoms with E-state index in [2.05, 4.69) is 10.1 Å². The highest BCUT2D eigenvalue weighted by atomic mass is 19.1. The average Bonchev–Trinajstić information content (AvgIpc) is 2.76. The van der Waals surface area contributed by atoms with Gasteiger partial charge < -0.3 is 9.57 Å². The predicted octanol–water partition coefficient (Wildman–Crippen LogP) is 4.18. The molecule has 1 heterocycles. The zero-order chi connectivity index (χ0) is 21.3. The minimum Gasteiger partial charge on any atom is -0.466 e. The molecule has 1 fully saturated rings. The molecule has 0 bridgehead atoms. The van der Waals surface area contributed by atoms with Gasteiger partial charge in [0.05, 0.1) is 12.5 Å². The van der Waals surface area contributed by atoms with Crippen molar-refractivity contribution in [3.05, 3.63) is 71.0 Å². The molecule has 0 unspecified atom stereocenters. The largest absolute Gasteiger partial charge is 0.466 e. The van der Waals surface area contributed by atoms with Crippen molar-refractivity contribution in [1.29, 1.82) is 0 Å². The van der Waals surface area contributed by atoms with E-state index in [4.69, 9.17) is 9.57 Å². The summed E-state index contributed by atoms with van der Waals surface area (Å²) in [5.74, 6) is -0.540. The predicted molar refractivity (Wildman–Crippen MR) is 115 cm³/mol. The van der Waals surface area contributed by atoms with Gasteiger partial charge in [-0.05, 0) is 50.9 Å². The Bertz CT molecular complexity index is 837. The van der Waals surface area contributed by atoms with Crippen molar-refractivity contribution >= 4 is 11.7 Å². The fourth-order valence-corrected chi connectivity index (χ4v) is 3.73. The Hall–Kier alpha value is -2.73. The third-order valence-electron chi connectivity index (χ3n) is 5.31. The second kappa shape index (κ2) is 10.9. The number of ether oxygens (including phenoxy) is 1. The van der Waals surface area contributed by atoms with E-state index in [1.165, 1.54) is 6.07 Å². The molecule has 30 heavy (non-hydrogen) atoms.